The van der Waals surface area contributed by atoms with Gasteiger partial charge in [-0.05, 0) is 120 Å². The van der Waals surface area contributed by atoms with Gasteiger partial charge in [-0.15, -0.1) is 0 Å². The number of amides is 10. The number of ether oxygens (including phenoxy) is 2. The van der Waals surface area contributed by atoms with E-state index < -0.39 is 68.4 Å². The van der Waals surface area contributed by atoms with Crippen molar-refractivity contribution in [3.8, 4) is 5.75 Å². The molecule has 11 aliphatic heterocycles. The van der Waals surface area contributed by atoms with Crippen LogP contribution in [0, 0.1) is 13.8 Å². The summed E-state index contributed by atoms with van der Waals surface area (Å²) in [5.74, 6) is -1.75. The Hall–Kier alpha value is -14.0. The van der Waals surface area contributed by atoms with Gasteiger partial charge in [-0.3, -0.25) is 52.9 Å². The molecule has 35 nitrogen and oxygen atoms in total. The van der Waals surface area contributed by atoms with E-state index in [1.807, 2.05) is 116 Å². The summed E-state index contributed by atoms with van der Waals surface area (Å²) in [7, 11) is 1.54. The number of nitrogens with one attached hydrogen (secondary N) is 11. The lowest BCUT2D eigenvalue weighted by Gasteiger charge is -2.42. The van der Waals surface area contributed by atoms with E-state index in [1.54, 1.807) is 50.9 Å². The van der Waals surface area contributed by atoms with Gasteiger partial charge in [-0.1, -0.05) is 149 Å². The van der Waals surface area contributed by atoms with Gasteiger partial charge >= 0.3 is 6.43 Å². The first-order chi connectivity index (χ1) is 70.6. The summed E-state index contributed by atoms with van der Waals surface area (Å²) in [5, 5.41) is 68.9. The highest BCUT2D eigenvalue weighted by atomic mass is 19.3. The Morgan fingerprint density at radius 3 is 1.32 bits per heavy atom. The number of H-pyrrole nitrogens is 1. The van der Waals surface area contributed by atoms with Crippen molar-refractivity contribution in [1.29, 1.82) is 0 Å². The largest absolute Gasteiger partial charge is 0.493 e. The van der Waals surface area contributed by atoms with E-state index in [0.717, 1.165) is 224 Å². The van der Waals surface area contributed by atoms with E-state index in [0.29, 0.717) is 96.0 Å². The third-order valence-corrected chi connectivity index (χ3v) is 32.1. The van der Waals surface area contributed by atoms with Crippen LogP contribution in [0.3, 0.4) is 0 Å². The summed E-state index contributed by atoms with van der Waals surface area (Å²) in [6, 6.07) is 35.2. The SMILES string of the molecule is COCC(=O)N1C2CCCC[C@H]2NC2=C(C(=O)NC2)[C@H]1c1cccc2cc(C)[nH]c12.Cc1cc2cccc([C@@H]3C4=C(CNC4=O)N[C@@H]4CCCCC4N3C(=O)CO)c2o1.O=C1NCC2=C1[C@@H](c1cccc3c1OCC3)N(C(=O)CO)C1CCCC[C@H]1N2.O=C1NCC2=C1[C@@H](c1cccc3cccnc13)N(C(=O)C(F)F)C1CCCC[C@H]1N2.O=C1NCC2=C1[C@@H](c1cccc3ccnn13)N(C(=O)CO)C1CCCC[C@H]1N2. The topological polar surface area (TPSA) is 445 Å². The van der Waals surface area contributed by atoms with Crippen LogP contribution in [0.5, 0.6) is 5.75 Å². The summed E-state index contributed by atoms with van der Waals surface area (Å²) in [4.78, 5) is 146. The van der Waals surface area contributed by atoms with Crippen LogP contribution in [0.4, 0.5) is 8.78 Å². The number of hydrogen-bond acceptors (Lipinski definition) is 23. The van der Waals surface area contributed by atoms with Crippen molar-refractivity contribution < 1.29 is 85.9 Å². The lowest BCUT2D eigenvalue weighted by atomic mass is 9.87. The zero-order chi connectivity index (χ0) is 100. The molecule has 14 N–H and O–H groups in total. The summed E-state index contributed by atoms with van der Waals surface area (Å²) >= 11 is 0. The molecule has 5 fully saturated rings. The highest BCUT2D eigenvalue weighted by Gasteiger charge is 2.55. The minimum atomic E-state index is -3.15. The molecule has 0 saturated heterocycles. The lowest BCUT2D eigenvalue weighted by molar-refractivity contribution is -0.149. The van der Waals surface area contributed by atoms with Crippen LogP contribution >= 0.6 is 0 Å². The molecule has 5 saturated carbocycles. The third-order valence-electron chi connectivity index (χ3n) is 32.1. The Balaban J connectivity index is 0.000000107. The summed E-state index contributed by atoms with van der Waals surface area (Å²) < 4.78 is 46.6. The van der Waals surface area contributed by atoms with Gasteiger partial charge in [0.05, 0.1) is 144 Å². The molecule has 9 aromatic rings. The number of rotatable bonds is 11. The molecule has 145 heavy (non-hydrogen) atoms. The number of aryl methyl sites for hydroxylation is 2. The molecule has 0 spiro atoms. The average Bonchev–Trinajstić information content (AvgIpc) is 1.63. The molecule has 5 aliphatic carbocycles. The van der Waals surface area contributed by atoms with Crippen LogP contribution in [-0.4, -0.2) is 258 Å². The van der Waals surface area contributed by atoms with Crippen LogP contribution in [0.2, 0.25) is 0 Å². The zero-order valence-electron chi connectivity index (χ0n) is 81.3. The number of halogens is 2. The number of aliphatic hydroxyl groups is 3. The van der Waals surface area contributed by atoms with E-state index in [2.05, 4.69) is 80.4 Å². The number of hydrogen-bond donors (Lipinski definition) is 14. The lowest BCUT2D eigenvalue weighted by Crippen LogP contribution is -2.55. The fourth-order valence-electron chi connectivity index (χ4n) is 26.0. The van der Waals surface area contributed by atoms with Crippen LogP contribution in [0.25, 0.3) is 38.3 Å². The Bertz CT molecular complexity index is 6810. The molecular formula is C108H123F2N19O16. The third kappa shape index (κ3) is 18.0. The number of aliphatic hydroxyl groups excluding tert-OH is 3. The minimum absolute atomic E-state index is 0.00365. The zero-order valence-corrected chi connectivity index (χ0v) is 81.3. The summed E-state index contributed by atoms with van der Waals surface area (Å²) in [6.07, 6.45) is 20.0. The second kappa shape index (κ2) is 41.2. The second-order valence-corrected chi connectivity index (χ2v) is 40.4. The maximum absolute atomic E-state index is 13.8. The Labute approximate surface area is 835 Å². The van der Waals surface area contributed by atoms with Crippen LogP contribution < -0.4 is 57.9 Å². The maximum atomic E-state index is 13.8. The smallest absolute Gasteiger partial charge is 0.315 e. The van der Waals surface area contributed by atoms with Gasteiger partial charge in [0, 0.05) is 129 Å². The van der Waals surface area contributed by atoms with E-state index in [9.17, 15) is 72.0 Å². The van der Waals surface area contributed by atoms with Gasteiger partial charge in [-0.2, -0.15) is 13.9 Å². The predicted octanol–water partition coefficient (Wildman–Crippen LogP) is 8.14. The predicted molar refractivity (Wildman–Crippen MR) is 530 cm³/mol. The standard InChI is InChI=1S/C23H28N4O3.C22H22F2N4O2.C22H25N3O4.C21H25N3O4.C20H23N5O3/c1-13-10-14-6-5-7-15(21(14)25-13)22-20-17(11-24-23(20)29)26-16-8-3-4-9-18(16)27(22)19(28)12-30-2;23-20(24)22(30)28-16-9-2-1-8-14(16)27-15-11-26-21(29)17(15)19(28)13-7-3-5-12-6-4-10-25-18(12)13;1-12-9-13-5-4-6-14(21(13)29-12)20-19-16(10-23-22(19)28)24-15-7-2-3-8-17(15)25(20)18(27)11-26;25-11-17(26)24-16-7-2-1-6-14(16)23-15-10-22-21(27)18(15)19(24)13-5-3-4-12-8-9-28-20(12)13;26-11-17(27)24-15-6-2-1-5-13(15)23-14-10-21-20(28)18(14)19(24)16-7-3-4-12-8-9-22-25(12)16/h5-7,10,16,18,22,25-26H,3-4,8-9,11-12H2,1-2H3,(H,24,29);3-7,10,14,16,19-20,27H,1-2,8-9,11H2,(H,26,29);4-6,9,15,17,20,24,26H,2-3,7-8,10-11H2,1H3,(H,23,28);3-5,14,16,19,23,25H,1-2,6-11H2,(H,22,27);3-4,7-9,13,15,19,23,26H,1-2,5-6,10-11H2,(H,21,28)/t16-,18?,22-;14-,16?,19-;15-,17?,20-;14-,16?,19-;13-,15?,19-/m11111/s1. The maximum Gasteiger partial charge on any atom is 0.315 e. The quantitative estimate of drug-likeness (QED) is 0.0581. The Kier molecular flexibility index (Phi) is 27.6. The molecule has 760 valence electrons. The van der Waals surface area contributed by atoms with Crippen molar-refractivity contribution in [2.45, 2.75) is 246 Å². The normalized spacial score (nSPS) is 26.9. The van der Waals surface area contributed by atoms with Crippen LogP contribution in [-0.2, 0) is 59.1 Å². The molecule has 16 heterocycles. The number of carbonyl (C=O) groups excluding carboxylic acids is 10. The molecule has 25 rings (SSSR count). The van der Waals surface area contributed by atoms with E-state index in [-0.39, 0.29) is 114 Å². The van der Waals surface area contributed by atoms with Crippen molar-refractivity contribution in [2.24, 2.45) is 0 Å². The molecule has 5 aromatic heterocycles. The second-order valence-electron chi connectivity index (χ2n) is 40.4. The molecule has 0 bridgehead atoms. The number of benzene rings is 4. The molecular weight excluding hydrogens is 1860 g/mol. The van der Waals surface area contributed by atoms with Gasteiger partial charge < -0.3 is 112 Å². The number of furan rings is 1. The number of nitrogens with zero attached hydrogens (tertiary/aromatic N) is 8. The van der Waals surface area contributed by atoms with Gasteiger partial charge in [0.1, 0.15) is 49.6 Å². The number of carbonyl (C=O) groups is 10. The van der Waals surface area contributed by atoms with Gasteiger partial charge in [0.2, 0.25) is 23.6 Å². The molecule has 0 radical (unpaired) electrons. The van der Waals surface area contributed by atoms with E-state index in [1.165, 1.54) is 4.90 Å². The molecule has 4 aromatic carbocycles. The minimum Gasteiger partial charge on any atom is -0.493 e. The van der Waals surface area contributed by atoms with Crippen molar-refractivity contribution in [3.63, 3.8) is 0 Å². The summed E-state index contributed by atoms with van der Waals surface area (Å²) in [5.41, 5.74) is 16.2. The van der Waals surface area contributed by atoms with Crippen molar-refractivity contribution in [1.82, 2.24) is 97.2 Å². The van der Waals surface area contributed by atoms with Crippen molar-refractivity contribution in [2.75, 3.05) is 72.9 Å². The van der Waals surface area contributed by atoms with Crippen molar-refractivity contribution in [3.05, 3.63) is 235 Å². The molecule has 16 aliphatic rings. The molecule has 37 heteroatoms. The van der Waals surface area contributed by atoms with Gasteiger partial charge in [-0.25, -0.2) is 4.52 Å². The number of methoxy groups -OCH3 is 1. The first kappa shape index (κ1) is 97.1. The highest BCUT2D eigenvalue weighted by molar-refractivity contribution is 6.04. The number of alkyl halides is 2. The van der Waals surface area contributed by atoms with Crippen molar-refractivity contribution >= 4 is 97.4 Å². The van der Waals surface area contributed by atoms with E-state index in [4.69, 9.17) is 13.9 Å². The number of aromatic amines is 1. The average molecular weight is 1980 g/mol. The number of aromatic nitrogens is 4. The monoisotopic (exact) mass is 1980 g/mol. The number of fused-ring (bicyclic) bond motifs is 10. The van der Waals surface area contributed by atoms with Crippen LogP contribution in [0.15, 0.2) is 194 Å². The van der Waals surface area contributed by atoms with Gasteiger partial charge in [0.15, 0.2) is 0 Å². The van der Waals surface area contributed by atoms with E-state index >= 15 is 0 Å². The molecule has 5 unspecified atom stereocenters. The first-order valence-corrected chi connectivity index (χ1v) is 51.2. The molecule has 10 amide bonds. The Morgan fingerprint density at radius 2 is 0.834 bits per heavy atom. The fraction of sp³-hybridized carbons (Fsp3) is 0.463. The van der Waals surface area contributed by atoms with Gasteiger partial charge in [0.25, 0.3) is 35.4 Å². The first-order valence-electron chi connectivity index (χ1n) is 51.2. The summed E-state index contributed by atoms with van der Waals surface area (Å²) in [6.45, 7) is 4.89. The number of pyridine rings is 2. The Morgan fingerprint density at radius 1 is 0.434 bits per heavy atom. The van der Waals surface area contributed by atoms with Crippen LogP contribution in [0.1, 0.15) is 204 Å². The molecule has 15 atom stereocenters. The number of para-hydroxylation sites is 4. The fourth-order valence-corrected chi connectivity index (χ4v) is 26.0. The highest BCUT2D eigenvalue weighted by Crippen LogP contribution is 2.51.